The number of hydrogen-bond acceptors (Lipinski definition) is 2. The molecule has 0 aromatic rings. The fourth-order valence-electron chi connectivity index (χ4n) is 2.02. The summed E-state index contributed by atoms with van der Waals surface area (Å²) in [6.07, 6.45) is 8.03. The molecule has 1 heterocycles. The Hall–Kier alpha value is -1.16. The van der Waals surface area contributed by atoms with Crippen LogP contribution in [0.15, 0.2) is 23.6 Å². The molecule has 18 heavy (non-hydrogen) atoms. The first-order valence-electron chi connectivity index (χ1n) is 6.59. The molecular weight excluding hydrogens is 233 g/mol. The van der Waals surface area contributed by atoms with Gasteiger partial charge in [-0.15, -0.1) is 0 Å². The molecule has 0 aromatic carbocycles. The number of rotatable bonds is 2. The fourth-order valence-corrected chi connectivity index (χ4v) is 2.02. The first-order chi connectivity index (χ1) is 8.61. The van der Waals surface area contributed by atoms with Crippen LogP contribution in [0.25, 0.3) is 0 Å². The lowest BCUT2D eigenvalue weighted by molar-refractivity contribution is -0.136. The number of carbonyl (C=O) groups is 1. The lowest BCUT2D eigenvalue weighted by Crippen LogP contribution is -2.21. The summed E-state index contributed by atoms with van der Waals surface area (Å²) < 4.78 is 13.2. The number of carboxylic acid groups (broad SMARTS) is 1. The topological polar surface area (TPSA) is 49.3 Å². The molecule has 2 N–H and O–H groups in total. The maximum absolute atomic E-state index is 13.2. The number of allylic oxidation sites excluding steroid dienone is 3. The number of piperidine rings is 1. The average molecular weight is 255 g/mol. The molecular formula is C14H22FNO2. The van der Waals surface area contributed by atoms with Gasteiger partial charge in [-0.2, -0.15) is 0 Å². The highest BCUT2D eigenvalue weighted by Crippen LogP contribution is 2.27. The molecule has 4 heteroatoms. The van der Waals surface area contributed by atoms with Crippen LogP contribution in [-0.4, -0.2) is 24.2 Å². The van der Waals surface area contributed by atoms with Crippen LogP contribution in [0.4, 0.5) is 4.39 Å². The monoisotopic (exact) mass is 255 g/mol. The Balaban J connectivity index is 0.000000225. The molecule has 1 saturated heterocycles. The summed E-state index contributed by atoms with van der Waals surface area (Å²) in [5, 5.41) is 11.7. The van der Waals surface area contributed by atoms with Gasteiger partial charge in [0.25, 0.3) is 0 Å². The zero-order chi connectivity index (χ0) is 13.4. The molecule has 0 saturated carbocycles. The average Bonchev–Trinajstić information content (AvgIpc) is 2.37. The second-order valence-electron chi connectivity index (χ2n) is 4.79. The third-order valence-corrected chi connectivity index (χ3v) is 3.10. The van der Waals surface area contributed by atoms with Gasteiger partial charge in [-0.25, -0.2) is 4.39 Å². The summed E-state index contributed by atoms with van der Waals surface area (Å²) in [4.78, 5) is 10.3. The molecule has 102 valence electrons. The van der Waals surface area contributed by atoms with Crippen molar-refractivity contribution in [2.75, 3.05) is 13.1 Å². The number of nitrogens with one attached hydrogen (secondary N) is 1. The third kappa shape index (κ3) is 5.45. The van der Waals surface area contributed by atoms with Crippen LogP contribution in [0.5, 0.6) is 0 Å². The van der Waals surface area contributed by atoms with Crippen molar-refractivity contribution in [3.05, 3.63) is 23.6 Å². The quantitative estimate of drug-likeness (QED) is 0.797. The van der Waals surface area contributed by atoms with E-state index in [0.717, 1.165) is 0 Å². The van der Waals surface area contributed by atoms with Gasteiger partial charge in [0.15, 0.2) is 0 Å². The Morgan fingerprint density at radius 3 is 2.56 bits per heavy atom. The zero-order valence-electron chi connectivity index (χ0n) is 10.9. The molecule has 1 aliphatic carbocycles. The highest BCUT2D eigenvalue weighted by molar-refractivity contribution is 5.71. The summed E-state index contributed by atoms with van der Waals surface area (Å²) in [5.41, 5.74) is 0.307. The lowest BCUT2D eigenvalue weighted by atomic mass is 9.95. The van der Waals surface area contributed by atoms with Crippen molar-refractivity contribution in [3.8, 4) is 0 Å². The van der Waals surface area contributed by atoms with E-state index in [1.165, 1.54) is 32.4 Å². The number of carboxylic acids is 1. The molecule has 2 aliphatic rings. The van der Waals surface area contributed by atoms with Crippen molar-refractivity contribution in [1.82, 2.24) is 5.32 Å². The van der Waals surface area contributed by atoms with E-state index >= 15 is 0 Å². The van der Waals surface area contributed by atoms with E-state index in [4.69, 9.17) is 5.11 Å². The molecule has 0 bridgehead atoms. The number of halogens is 1. The largest absolute Gasteiger partial charge is 0.481 e. The first-order valence-corrected chi connectivity index (χ1v) is 6.59. The van der Waals surface area contributed by atoms with E-state index in [-0.39, 0.29) is 18.2 Å². The van der Waals surface area contributed by atoms with Crippen LogP contribution in [0.2, 0.25) is 0 Å². The maximum Gasteiger partial charge on any atom is 0.307 e. The highest BCUT2D eigenvalue weighted by atomic mass is 19.1. The summed E-state index contributed by atoms with van der Waals surface area (Å²) in [7, 11) is 0. The number of aliphatic carboxylic acids is 1. The molecule has 0 spiro atoms. The van der Waals surface area contributed by atoms with Crippen LogP contribution in [0.1, 0.15) is 39.0 Å². The predicted octanol–water partition coefficient (Wildman–Crippen LogP) is 3.04. The zero-order valence-corrected chi connectivity index (χ0v) is 10.9. The van der Waals surface area contributed by atoms with Gasteiger partial charge >= 0.3 is 5.97 Å². The van der Waals surface area contributed by atoms with Gasteiger partial charge in [-0.1, -0.05) is 25.5 Å². The lowest BCUT2D eigenvalue weighted by Gasteiger charge is -2.13. The van der Waals surface area contributed by atoms with Gasteiger partial charge in [-0.3, -0.25) is 4.79 Å². The summed E-state index contributed by atoms with van der Waals surface area (Å²) in [5.74, 6) is -1.43. The van der Waals surface area contributed by atoms with Crippen LogP contribution in [-0.2, 0) is 4.79 Å². The van der Waals surface area contributed by atoms with Crippen LogP contribution in [0.3, 0.4) is 0 Å². The van der Waals surface area contributed by atoms with Crippen molar-refractivity contribution >= 4 is 5.97 Å². The summed E-state index contributed by atoms with van der Waals surface area (Å²) >= 11 is 0. The minimum Gasteiger partial charge on any atom is -0.481 e. The van der Waals surface area contributed by atoms with Crippen LogP contribution < -0.4 is 5.32 Å². The SMILES string of the molecule is C1CCNCC1.CC1CC=CC(CC(=O)O)=C1F. The molecule has 0 aromatic heterocycles. The number of hydrogen-bond donors (Lipinski definition) is 2. The molecule has 3 nitrogen and oxygen atoms in total. The predicted molar refractivity (Wildman–Crippen MR) is 70.0 cm³/mol. The normalized spacial score (nSPS) is 23.3. The molecule has 2 rings (SSSR count). The molecule has 0 radical (unpaired) electrons. The van der Waals surface area contributed by atoms with Gasteiger partial charge < -0.3 is 10.4 Å². The third-order valence-electron chi connectivity index (χ3n) is 3.10. The van der Waals surface area contributed by atoms with Gasteiger partial charge in [-0.05, 0) is 37.9 Å². The van der Waals surface area contributed by atoms with Crippen LogP contribution in [0, 0.1) is 5.92 Å². The van der Waals surface area contributed by atoms with Gasteiger partial charge in [0, 0.05) is 5.92 Å². The summed E-state index contributed by atoms with van der Waals surface area (Å²) in [6.45, 7) is 4.25. The Morgan fingerprint density at radius 1 is 1.44 bits per heavy atom. The van der Waals surface area contributed by atoms with Crippen molar-refractivity contribution in [1.29, 1.82) is 0 Å². The molecule has 1 fully saturated rings. The van der Waals surface area contributed by atoms with Crippen molar-refractivity contribution in [2.45, 2.75) is 39.0 Å². The highest BCUT2D eigenvalue weighted by Gasteiger charge is 2.17. The second kappa shape index (κ2) is 8.03. The van der Waals surface area contributed by atoms with Gasteiger partial charge in [0.2, 0.25) is 0 Å². The van der Waals surface area contributed by atoms with E-state index in [1.807, 2.05) is 6.08 Å². The fraction of sp³-hybridized carbons (Fsp3) is 0.643. The molecule has 0 amide bonds. The minimum atomic E-state index is -0.987. The Morgan fingerprint density at radius 2 is 2.11 bits per heavy atom. The second-order valence-corrected chi connectivity index (χ2v) is 4.79. The maximum atomic E-state index is 13.2. The van der Waals surface area contributed by atoms with E-state index < -0.39 is 5.97 Å². The Kier molecular flexibility index (Phi) is 6.65. The standard InChI is InChI=1S/C9H11FO2.C5H11N/c1-6-3-2-4-7(9(6)10)5-8(11)12;1-2-4-6-5-3-1/h2,4,6H,3,5H2,1H3,(H,11,12);6H,1-5H2. The van der Waals surface area contributed by atoms with Crippen molar-refractivity contribution < 1.29 is 14.3 Å². The molecule has 1 atom stereocenters. The van der Waals surface area contributed by atoms with Gasteiger partial charge in [0.05, 0.1) is 6.42 Å². The van der Waals surface area contributed by atoms with Crippen molar-refractivity contribution in [2.24, 2.45) is 5.92 Å². The van der Waals surface area contributed by atoms with E-state index in [2.05, 4.69) is 5.32 Å². The van der Waals surface area contributed by atoms with E-state index in [1.54, 1.807) is 13.0 Å². The smallest absolute Gasteiger partial charge is 0.307 e. The molecule has 1 unspecified atom stereocenters. The van der Waals surface area contributed by atoms with E-state index in [9.17, 15) is 9.18 Å². The first kappa shape index (κ1) is 14.9. The van der Waals surface area contributed by atoms with Crippen LogP contribution >= 0.6 is 0 Å². The minimum absolute atomic E-state index is 0.163. The van der Waals surface area contributed by atoms with Gasteiger partial charge in [0.1, 0.15) is 5.83 Å². The summed E-state index contributed by atoms with van der Waals surface area (Å²) in [6, 6.07) is 0. The molecule has 1 aliphatic heterocycles. The van der Waals surface area contributed by atoms with Crippen molar-refractivity contribution in [3.63, 3.8) is 0 Å². The van der Waals surface area contributed by atoms with E-state index in [0.29, 0.717) is 12.0 Å². The Bertz CT molecular complexity index is 321. The Labute approximate surface area is 108 Å².